The molecular formula is C24H19BrN4O3. The van der Waals surface area contributed by atoms with E-state index in [1.165, 1.54) is 0 Å². The quantitative estimate of drug-likeness (QED) is 0.385. The Balaban J connectivity index is 1.41. The number of pyridine rings is 1. The van der Waals surface area contributed by atoms with Gasteiger partial charge < -0.3 is 15.1 Å². The summed E-state index contributed by atoms with van der Waals surface area (Å²) in [5.41, 5.74) is 2.32. The monoisotopic (exact) mass is 490 g/mol. The average Bonchev–Trinajstić information content (AvgIpc) is 3.16. The molecule has 0 spiro atoms. The molecule has 0 saturated heterocycles. The van der Waals surface area contributed by atoms with Crippen LogP contribution in [0.5, 0.6) is 0 Å². The molecule has 0 aliphatic carbocycles. The molecule has 160 valence electrons. The van der Waals surface area contributed by atoms with Crippen molar-refractivity contribution in [2.24, 2.45) is 0 Å². The van der Waals surface area contributed by atoms with E-state index in [0.717, 1.165) is 10.0 Å². The van der Waals surface area contributed by atoms with Gasteiger partial charge in [-0.05, 0) is 65.3 Å². The second-order valence-corrected chi connectivity index (χ2v) is 7.93. The zero-order valence-corrected chi connectivity index (χ0v) is 18.7. The summed E-state index contributed by atoms with van der Waals surface area (Å²) in [6, 6.07) is 19.7. The number of hydrogen-bond donors (Lipinski definition) is 2. The number of nitrogens with zero attached hydrogens (tertiary/aromatic N) is 2. The summed E-state index contributed by atoms with van der Waals surface area (Å²) >= 11 is 3.30. The molecule has 8 heteroatoms. The minimum atomic E-state index is -0.323. The highest BCUT2D eigenvalue weighted by molar-refractivity contribution is 9.10. The summed E-state index contributed by atoms with van der Waals surface area (Å²) in [5, 5.41) is 5.54. The topological polar surface area (TPSA) is 97.1 Å². The van der Waals surface area contributed by atoms with Crippen LogP contribution in [0.3, 0.4) is 0 Å². The van der Waals surface area contributed by atoms with Crippen molar-refractivity contribution in [2.45, 2.75) is 13.3 Å². The smallest absolute Gasteiger partial charge is 0.256 e. The molecule has 0 bridgehead atoms. The van der Waals surface area contributed by atoms with Crippen LogP contribution < -0.4 is 10.6 Å². The molecule has 0 saturated carbocycles. The number of oxazole rings is 1. The van der Waals surface area contributed by atoms with Crippen molar-refractivity contribution in [1.29, 1.82) is 0 Å². The molecule has 4 aromatic rings. The van der Waals surface area contributed by atoms with Crippen LogP contribution in [-0.4, -0.2) is 21.8 Å². The first-order chi connectivity index (χ1) is 15.5. The van der Waals surface area contributed by atoms with Crippen molar-refractivity contribution in [2.75, 3.05) is 10.6 Å². The maximum Gasteiger partial charge on any atom is 0.256 e. The lowest BCUT2D eigenvalue weighted by molar-refractivity contribution is -0.115. The van der Waals surface area contributed by atoms with Gasteiger partial charge in [0, 0.05) is 27.5 Å². The number of aryl methyl sites for hydroxylation is 1. The number of benzene rings is 2. The first-order valence-corrected chi connectivity index (χ1v) is 10.6. The van der Waals surface area contributed by atoms with Gasteiger partial charge in [-0.3, -0.25) is 9.59 Å². The second-order valence-electron chi connectivity index (χ2n) is 7.01. The number of halogens is 1. The first kappa shape index (κ1) is 21.5. The lowest BCUT2D eigenvalue weighted by Crippen LogP contribution is -2.17. The predicted molar refractivity (Wildman–Crippen MR) is 125 cm³/mol. The van der Waals surface area contributed by atoms with Crippen molar-refractivity contribution in [3.63, 3.8) is 0 Å². The summed E-state index contributed by atoms with van der Waals surface area (Å²) < 4.78 is 6.53. The average molecular weight is 491 g/mol. The molecule has 2 N–H and O–H groups in total. The molecule has 7 nitrogen and oxygen atoms in total. The second kappa shape index (κ2) is 9.57. The van der Waals surface area contributed by atoms with Gasteiger partial charge in [0.1, 0.15) is 11.6 Å². The summed E-state index contributed by atoms with van der Waals surface area (Å²) in [6.07, 6.45) is 1.66. The summed E-state index contributed by atoms with van der Waals surface area (Å²) in [4.78, 5) is 33.7. The zero-order valence-electron chi connectivity index (χ0n) is 17.1. The fraction of sp³-hybridized carbons (Fsp3) is 0.0833. The molecule has 2 aromatic carbocycles. The molecule has 2 aromatic heterocycles. The highest BCUT2D eigenvalue weighted by Gasteiger charge is 2.15. The Hall–Kier alpha value is -3.78. The number of carbonyl (C=O) groups is 2. The first-order valence-electron chi connectivity index (χ1n) is 9.82. The van der Waals surface area contributed by atoms with E-state index in [9.17, 15) is 9.59 Å². The molecule has 2 heterocycles. The van der Waals surface area contributed by atoms with Crippen molar-refractivity contribution in [3.8, 4) is 11.5 Å². The Kier molecular flexibility index (Phi) is 6.42. The predicted octanol–water partition coefficient (Wildman–Crippen LogP) is 5.24. The highest BCUT2D eigenvalue weighted by atomic mass is 79.9. The van der Waals surface area contributed by atoms with Gasteiger partial charge in [0.15, 0.2) is 0 Å². The highest BCUT2D eigenvalue weighted by Crippen LogP contribution is 2.22. The number of anilines is 2. The van der Waals surface area contributed by atoms with E-state index < -0.39 is 0 Å². The van der Waals surface area contributed by atoms with E-state index in [4.69, 9.17) is 4.42 Å². The van der Waals surface area contributed by atoms with Crippen LogP contribution in [0.2, 0.25) is 0 Å². The van der Waals surface area contributed by atoms with Crippen molar-refractivity contribution in [1.82, 2.24) is 9.97 Å². The third-order valence-electron chi connectivity index (χ3n) is 4.62. The van der Waals surface area contributed by atoms with E-state index in [2.05, 4.69) is 36.5 Å². The molecule has 32 heavy (non-hydrogen) atoms. The van der Waals surface area contributed by atoms with E-state index in [1.54, 1.807) is 49.5 Å². The Morgan fingerprint density at radius 1 is 1.00 bits per heavy atom. The molecule has 0 atom stereocenters. The van der Waals surface area contributed by atoms with Gasteiger partial charge in [-0.15, -0.1) is 0 Å². The maximum atomic E-state index is 12.6. The lowest BCUT2D eigenvalue weighted by atomic mass is 10.1. The Morgan fingerprint density at radius 3 is 2.56 bits per heavy atom. The van der Waals surface area contributed by atoms with Gasteiger partial charge in [-0.25, -0.2) is 9.97 Å². The van der Waals surface area contributed by atoms with Gasteiger partial charge in [0.25, 0.3) is 5.91 Å². The zero-order chi connectivity index (χ0) is 22.5. The molecular weight excluding hydrogens is 472 g/mol. The Bertz CT molecular complexity index is 1250. The lowest BCUT2D eigenvalue weighted by Gasteiger charge is -2.08. The van der Waals surface area contributed by atoms with E-state index >= 15 is 0 Å². The third kappa shape index (κ3) is 5.28. The SMILES string of the molecule is Cc1oc(-c2ccccc2)nc1CC(=O)Nc1cccc(C(=O)Nc2ccc(Br)cn2)c1. The number of aromatic nitrogens is 2. The van der Waals surface area contributed by atoms with E-state index in [1.807, 2.05) is 30.3 Å². The molecule has 2 amide bonds. The number of rotatable bonds is 6. The molecule has 4 rings (SSSR count). The van der Waals surface area contributed by atoms with Gasteiger partial charge in [0.05, 0.1) is 12.1 Å². The van der Waals surface area contributed by atoms with Crippen molar-refractivity contribution in [3.05, 3.63) is 94.4 Å². The molecule has 0 aliphatic heterocycles. The van der Waals surface area contributed by atoms with Gasteiger partial charge in [-0.1, -0.05) is 24.3 Å². The summed E-state index contributed by atoms with van der Waals surface area (Å²) in [6.45, 7) is 1.78. The molecule has 0 radical (unpaired) electrons. The summed E-state index contributed by atoms with van der Waals surface area (Å²) in [7, 11) is 0. The number of carbonyl (C=O) groups excluding carboxylic acids is 2. The number of hydrogen-bond acceptors (Lipinski definition) is 5. The summed E-state index contributed by atoms with van der Waals surface area (Å²) in [5.74, 6) is 0.924. The molecule has 0 unspecified atom stereocenters. The van der Waals surface area contributed by atoms with Gasteiger partial charge in [-0.2, -0.15) is 0 Å². The normalized spacial score (nSPS) is 10.6. The van der Waals surface area contributed by atoms with Crippen LogP contribution in [0.15, 0.2) is 81.8 Å². The van der Waals surface area contributed by atoms with Gasteiger partial charge in [0.2, 0.25) is 11.8 Å². The fourth-order valence-corrected chi connectivity index (χ4v) is 3.26. The fourth-order valence-electron chi connectivity index (χ4n) is 3.03. The standard InChI is InChI=1S/C24H19BrN4O3/c1-15-20(28-24(32-15)16-6-3-2-4-7-16)13-22(30)27-19-9-5-8-17(12-19)23(31)29-21-11-10-18(25)14-26-21/h2-12,14H,13H2,1H3,(H,27,30)(H,26,29,31). The van der Waals surface area contributed by atoms with Gasteiger partial charge >= 0.3 is 0 Å². The van der Waals surface area contributed by atoms with Crippen LogP contribution in [0.4, 0.5) is 11.5 Å². The maximum absolute atomic E-state index is 12.6. The van der Waals surface area contributed by atoms with Crippen LogP contribution in [-0.2, 0) is 11.2 Å². The Labute approximate surface area is 193 Å². The van der Waals surface area contributed by atoms with E-state index in [0.29, 0.717) is 34.4 Å². The Morgan fingerprint density at radius 2 is 1.81 bits per heavy atom. The van der Waals surface area contributed by atoms with Crippen LogP contribution in [0.25, 0.3) is 11.5 Å². The minimum Gasteiger partial charge on any atom is -0.441 e. The number of amides is 2. The third-order valence-corrected chi connectivity index (χ3v) is 5.09. The van der Waals surface area contributed by atoms with Crippen LogP contribution in [0.1, 0.15) is 21.8 Å². The van der Waals surface area contributed by atoms with Crippen LogP contribution in [0, 0.1) is 6.92 Å². The minimum absolute atomic E-state index is 0.0569. The number of nitrogens with one attached hydrogen (secondary N) is 2. The molecule has 0 fully saturated rings. The molecule has 0 aliphatic rings. The van der Waals surface area contributed by atoms with Crippen molar-refractivity contribution >= 4 is 39.2 Å². The van der Waals surface area contributed by atoms with Crippen LogP contribution >= 0.6 is 15.9 Å². The van der Waals surface area contributed by atoms with E-state index in [-0.39, 0.29) is 18.2 Å². The largest absolute Gasteiger partial charge is 0.441 e. The van der Waals surface area contributed by atoms with Crippen molar-refractivity contribution < 1.29 is 14.0 Å².